The van der Waals surface area contributed by atoms with Crippen molar-refractivity contribution in [3.8, 4) is 0 Å². The first-order valence-corrected chi connectivity index (χ1v) is 7.42. The Bertz CT molecular complexity index is 401. The third kappa shape index (κ3) is 4.55. The summed E-state index contributed by atoms with van der Waals surface area (Å²) < 4.78 is 0.836. The van der Waals surface area contributed by atoms with Gasteiger partial charge in [0.1, 0.15) is 5.69 Å². The Morgan fingerprint density at radius 3 is 2.88 bits per heavy atom. The van der Waals surface area contributed by atoms with Crippen molar-refractivity contribution in [1.29, 1.82) is 0 Å². The third-order valence-corrected chi connectivity index (χ3v) is 3.45. The molecule has 0 radical (unpaired) electrons. The number of nitrogens with one attached hydrogen (secondary N) is 1. The highest BCUT2D eigenvalue weighted by Gasteiger charge is 2.15. The third-order valence-electron chi connectivity index (χ3n) is 2.31. The number of rotatable bonds is 6. The minimum Gasteiger partial charge on any atom is -0.377 e. The Hall–Kier alpha value is -0.750. The molecule has 17 heavy (non-hydrogen) atoms. The van der Waals surface area contributed by atoms with Crippen LogP contribution in [0.15, 0.2) is 22.7 Å². The van der Waals surface area contributed by atoms with Crippen LogP contribution in [0.3, 0.4) is 0 Å². The predicted molar refractivity (Wildman–Crippen MR) is 76.9 cm³/mol. The summed E-state index contributed by atoms with van der Waals surface area (Å²) in [4.78, 5) is 10.5. The van der Waals surface area contributed by atoms with Crippen molar-refractivity contribution >= 4 is 39.1 Å². The number of nitrogens with zero attached hydrogens (tertiary/aromatic N) is 1. The standard InChI is InChI=1S/C11H15BrN2O2S/c1-8(5-6-17-2)13-10-7-9(12)3-4-11(10)14(15)16/h3-4,7-8,13H,5-6H2,1-2H3. The number of hydrogen-bond donors (Lipinski definition) is 1. The number of thioether (sulfide) groups is 1. The highest BCUT2D eigenvalue weighted by molar-refractivity contribution is 9.10. The van der Waals surface area contributed by atoms with Crippen LogP contribution in [0.5, 0.6) is 0 Å². The van der Waals surface area contributed by atoms with Crippen molar-refractivity contribution in [1.82, 2.24) is 0 Å². The molecule has 0 aliphatic heterocycles. The fraction of sp³-hybridized carbons (Fsp3) is 0.455. The smallest absolute Gasteiger partial charge is 0.292 e. The van der Waals surface area contributed by atoms with Crippen molar-refractivity contribution in [2.24, 2.45) is 0 Å². The van der Waals surface area contributed by atoms with Crippen LogP contribution in [0.2, 0.25) is 0 Å². The number of benzene rings is 1. The molecule has 0 aliphatic carbocycles. The zero-order valence-electron chi connectivity index (χ0n) is 9.77. The van der Waals surface area contributed by atoms with Crippen LogP contribution in [0.25, 0.3) is 0 Å². The van der Waals surface area contributed by atoms with Gasteiger partial charge in [-0.25, -0.2) is 0 Å². The summed E-state index contributed by atoms with van der Waals surface area (Å²) in [6.07, 6.45) is 3.03. The summed E-state index contributed by atoms with van der Waals surface area (Å²) in [5.41, 5.74) is 0.683. The van der Waals surface area contributed by atoms with Gasteiger partial charge in [-0.3, -0.25) is 10.1 Å². The predicted octanol–water partition coefficient (Wildman–Crippen LogP) is 3.91. The van der Waals surface area contributed by atoms with E-state index >= 15 is 0 Å². The molecule has 0 bridgehead atoms. The first kappa shape index (κ1) is 14.3. The van der Waals surface area contributed by atoms with Crippen LogP contribution >= 0.6 is 27.7 Å². The Morgan fingerprint density at radius 1 is 1.59 bits per heavy atom. The van der Waals surface area contributed by atoms with Crippen LogP contribution < -0.4 is 5.32 Å². The van der Waals surface area contributed by atoms with Gasteiger partial charge >= 0.3 is 0 Å². The molecule has 1 aromatic rings. The number of nitro benzene ring substituents is 1. The molecule has 0 spiro atoms. The molecule has 6 heteroatoms. The second-order valence-electron chi connectivity index (χ2n) is 3.75. The van der Waals surface area contributed by atoms with E-state index in [9.17, 15) is 10.1 Å². The molecule has 0 aromatic heterocycles. The second-order valence-corrected chi connectivity index (χ2v) is 5.65. The van der Waals surface area contributed by atoms with E-state index in [4.69, 9.17) is 0 Å². The van der Waals surface area contributed by atoms with E-state index in [0.29, 0.717) is 5.69 Å². The van der Waals surface area contributed by atoms with Gasteiger partial charge in [0.05, 0.1) is 4.92 Å². The lowest BCUT2D eigenvalue weighted by Crippen LogP contribution is -2.16. The zero-order chi connectivity index (χ0) is 12.8. The quantitative estimate of drug-likeness (QED) is 0.638. The molecular weight excluding hydrogens is 304 g/mol. The van der Waals surface area contributed by atoms with Gasteiger partial charge in [-0.05, 0) is 37.5 Å². The zero-order valence-corrected chi connectivity index (χ0v) is 12.2. The molecule has 1 atom stereocenters. The molecule has 4 nitrogen and oxygen atoms in total. The molecule has 1 rings (SSSR count). The maximum absolute atomic E-state index is 10.9. The van der Waals surface area contributed by atoms with Crippen molar-refractivity contribution < 1.29 is 4.92 Å². The largest absolute Gasteiger partial charge is 0.377 e. The number of anilines is 1. The SMILES string of the molecule is CSCCC(C)Nc1cc(Br)ccc1[N+](=O)[O-]. The Balaban J connectivity index is 2.81. The molecule has 94 valence electrons. The fourth-order valence-corrected chi connectivity index (χ4v) is 2.37. The Kier molecular flexibility index (Phi) is 5.77. The molecule has 0 aliphatic rings. The monoisotopic (exact) mass is 318 g/mol. The van der Waals surface area contributed by atoms with E-state index in [1.54, 1.807) is 23.9 Å². The Morgan fingerprint density at radius 2 is 2.29 bits per heavy atom. The fourth-order valence-electron chi connectivity index (χ4n) is 1.42. The summed E-state index contributed by atoms with van der Waals surface area (Å²) in [7, 11) is 0. The summed E-state index contributed by atoms with van der Waals surface area (Å²) in [6, 6.07) is 5.15. The molecule has 1 aromatic carbocycles. The normalized spacial score (nSPS) is 12.2. The molecule has 0 fully saturated rings. The molecule has 0 saturated carbocycles. The number of halogens is 1. The van der Waals surface area contributed by atoms with E-state index in [1.807, 2.05) is 13.2 Å². The van der Waals surface area contributed by atoms with Crippen LogP contribution in [0.4, 0.5) is 11.4 Å². The molecule has 0 amide bonds. The summed E-state index contributed by atoms with van der Waals surface area (Å²) in [6.45, 7) is 2.03. The van der Waals surface area contributed by atoms with Crippen molar-refractivity contribution in [3.05, 3.63) is 32.8 Å². The molecule has 1 N–H and O–H groups in total. The highest BCUT2D eigenvalue weighted by atomic mass is 79.9. The van der Waals surface area contributed by atoms with E-state index < -0.39 is 0 Å². The maximum atomic E-state index is 10.9. The van der Waals surface area contributed by atoms with Crippen LogP contribution in [-0.4, -0.2) is 23.0 Å². The van der Waals surface area contributed by atoms with Crippen LogP contribution in [0.1, 0.15) is 13.3 Å². The average Bonchev–Trinajstić information content (AvgIpc) is 2.26. The van der Waals surface area contributed by atoms with Gasteiger partial charge in [0.25, 0.3) is 5.69 Å². The first-order valence-electron chi connectivity index (χ1n) is 5.24. The van der Waals surface area contributed by atoms with E-state index in [0.717, 1.165) is 16.6 Å². The average molecular weight is 319 g/mol. The molecular formula is C11H15BrN2O2S. The second kappa shape index (κ2) is 6.86. The van der Waals surface area contributed by atoms with E-state index in [1.165, 1.54) is 6.07 Å². The van der Waals surface area contributed by atoms with Crippen molar-refractivity contribution in [2.75, 3.05) is 17.3 Å². The summed E-state index contributed by atoms with van der Waals surface area (Å²) in [5, 5.41) is 14.1. The van der Waals surface area contributed by atoms with Gasteiger partial charge in [0.2, 0.25) is 0 Å². The van der Waals surface area contributed by atoms with Crippen LogP contribution in [0, 0.1) is 10.1 Å². The maximum Gasteiger partial charge on any atom is 0.292 e. The lowest BCUT2D eigenvalue weighted by molar-refractivity contribution is -0.384. The van der Waals surface area contributed by atoms with Crippen molar-refractivity contribution in [2.45, 2.75) is 19.4 Å². The van der Waals surface area contributed by atoms with Crippen molar-refractivity contribution in [3.63, 3.8) is 0 Å². The lowest BCUT2D eigenvalue weighted by Gasteiger charge is -2.14. The molecule has 1 unspecified atom stereocenters. The molecule has 0 heterocycles. The van der Waals surface area contributed by atoms with Gasteiger partial charge in [0, 0.05) is 16.6 Å². The minimum atomic E-state index is -0.365. The lowest BCUT2D eigenvalue weighted by atomic mass is 10.2. The van der Waals surface area contributed by atoms with Gasteiger partial charge in [-0.1, -0.05) is 15.9 Å². The number of hydrogen-bond acceptors (Lipinski definition) is 4. The summed E-state index contributed by atoms with van der Waals surface area (Å²) >= 11 is 5.09. The highest BCUT2D eigenvalue weighted by Crippen LogP contribution is 2.28. The van der Waals surface area contributed by atoms with Gasteiger partial charge < -0.3 is 5.32 Å². The first-order chi connectivity index (χ1) is 8.04. The van der Waals surface area contributed by atoms with E-state index in [2.05, 4.69) is 21.2 Å². The van der Waals surface area contributed by atoms with Gasteiger partial charge in [0.15, 0.2) is 0 Å². The van der Waals surface area contributed by atoms with Crippen LogP contribution in [-0.2, 0) is 0 Å². The molecule has 0 saturated heterocycles. The Labute approximate surface area is 113 Å². The summed E-state index contributed by atoms with van der Waals surface area (Å²) in [5.74, 6) is 1.04. The van der Waals surface area contributed by atoms with E-state index in [-0.39, 0.29) is 16.7 Å². The number of nitro groups is 1. The minimum absolute atomic E-state index is 0.115. The topological polar surface area (TPSA) is 55.2 Å². The van der Waals surface area contributed by atoms with Gasteiger partial charge in [-0.15, -0.1) is 0 Å². The van der Waals surface area contributed by atoms with Gasteiger partial charge in [-0.2, -0.15) is 11.8 Å².